The van der Waals surface area contributed by atoms with E-state index in [9.17, 15) is 0 Å². The zero-order valence-corrected chi connectivity index (χ0v) is 6.75. The molecule has 3 heteroatoms. The Morgan fingerprint density at radius 1 is 1.82 bits per heavy atom. The van der Waals surface area contributed by atoms with Crippen molar-refractivity contribution in [2.45, 2.75) is 19.4 Å². The summed E-state index contributed by atoms with van der Waals surface area (Å²) in [5.74, 6) is 0.887. The summed E-state index contributed by atoms with van der Waals surface area (Å²) in [5, 5.41) is 11.9. The molecule has 11 heavy (non-hydrogen) atoms. The summed E-state index contributed by atoms with van der Waals surface area (Å²) in [5.41, 5.74) is 0. The van der Waals surface area contributed by atoms with Gasteiger partial charge in [0, 0.05) is 6.54 Å². The molecule has 3 nitrogen and oxygen atoms in total. The third kappa shape index (κ3) is 2.35. The third-order valence-corrected chi connectivity index (χ3v) is 1.57. The fraction of sp³-hybridized carbons (Fsp3) is 0.625. The standard InChI is InChI=1S/C8H14N2O/c1-2-9-8-5-3-4-7(6-11)10-8/h3,5,7,11H,2,4,6H2,1H3,(H,9,10). The van der Waals surface area contributed by atoms with Crippen molar-refractivity contribution in [2.75, 3.05) is 13.2 Å². The summed E-state index contributed by atoms with van der Waals surface area (Å²) in [4.78, 5) is 4.26. The first-order valence-electron chi connectivity index (χ1n) is 3.96. The van der Waals surface area contributed by atoms with Gasteiger partial charge in [-0.05, 0) is 19.4 Å². The predicted molar refractivity (Wildman–Crippen MR) is 45.7 cm³/mol. The minimum atomic E-state index is 0.0639. The van der Waals surface area contributed by atoms with Crippen LogP contribution in [0.15, 0.2) is 17.1 Å². The summed E-state index contributed by atoms with van der Waals surface area (Å²) in [7, 11) is 0. The van der Waals surface area contributed by atoms with Gasteiger partial charge < -0.3 is 10.4 Å². The number of aliphatic hydroxyl groups is 1. The van der Waals surface area contributed by atoms with Gasteiger partial charge in [0.05, 0.1) is 12.6 Å². The van der Waals surface area contributed by atoms with Crippen molar-refractivity contribution in [3.05, 3.63) is 12.2 Å². The van der Waals surface area contributed by atoms with E-state index in [-0.39, 0.29) is 12.6 Å². The first-order valence-corrected chi connectivity index (χ1v) is 3.96. The maximum atomic E-state index is 8.81. The van der Waals surface area contributed by atoms with Crippen molar-refractivity contribution in [3.63, 3.8) is 0 Å². The van der Waals surface area contributed by atoms with Crippen molar-refractivity contribution in [1.82, 2.24) is 5.32 Å². The van der Waals surface area contributed by atoms with Crippen LogP contribution >= 0.6 is 0 Å². The van der Waals surface area contributed by atoms with Crippen LogP contribution in [0, 0.1) is 0 Å². The third-order valence-electron chi connectivity index (χ3n) is 1.57. The minimum Gasteiger partial charge on any atom is -0.394 e. The first kappa shape index (κ1) is 8.27. The van der Waals surface area contributed by atoms with E-state index < -0.39 is 0 Å². The van der Waals surface area contributed by atoms with E-state index in [0.717, 1.165) is 18.8 Å². The zero-order valence-electron chi connectivity index (χ0n) is 6.75. The molecule has 2 N–H and O–H groups in total. The van der Waals surface area contributed by atoms with Crippen molar-refractivity contribution in [3.8, 4) is 0 Å². The van der Waals surface area contributed by atoms with Crippen LogP contribution in [-0.2, 0) is 0 Å². The van der Waals surface area contributed by atoms with Crippen LogP contribution in [0.2, 0.25) is 0 Å². The van der Waals surface area contributed by atoms with E-state index in [2.05, 4.69) is 10.3 Å². The van der Waals surface area contributed by atoms with Crippen LogP contribution in [0.1, 0.15) is 13.3 Å². The highest BCUT2D eigenvalue weighted by Crippen LogP contribution is 2.04. The molecule has 0 fully saturated rings. The lowest BCUT2D eigenvalue weighted by Crippen LogP contribution is -2.26. The summed E-state index contributed by atoms with van der Waals surface area (Å²) in [6, 6.07) is 0.0639. The van der Waals surface area contributed by atoms with E-state index in [0.29, 0.717) is 0 Å². The summed E-state index contributed by atoms with van der Waals surface area (Å²) in [6.45, 7) is 3.04. The van der Waals surface area contributed by atoms with Gasteiger partial charge >= 0.3 is 0 Å². The highest BCUT2D eigenvalue weighted by molar-refractivity contribution is 5.93. The molecule has 0 saturated carbocycles. The van der Waals surface area contributed by atoms with E-state index >= 15 is 0 Å². The van der Waals surface area contributed by atoms with Crippen LogP contribution in [0.4, 0.5) is 0 Å². The van der Waals surface area contributed by atoms with Crippen molar-refractivity contribution >= 4 is 5.84 Å². The minimum absolute atomic E-state index is 0.0639. The Morgan fingerprint density at radius 3 is 3.27 bits per heavy atom. The monoisotopic (exact) mass is 154 g/mol. The number of hydrogen-bond acceptors (Lipinski definition) is 3. The Balaban J connectivity index is 2.49. The number of hydrogen-bond donors (Lipinski definition) is 2. The van der Waals surface area contributed by atoms with Gasteiger partial charge in [-0.25, -0.2) is 0 Å². The Morgan fingerprint density at radius 2 is 2.64 bits per heavy atom. The molecule has 0 bridgehead atoms. The molecule has 0 saturated heterocycles. The molecule has 0 aromatic heterocycles. The topological polar surface area (TPSA) is 44.6 Å². The van der Waals surface area contributed by atoms with Crippen molar-refractivity contribution in [2.24, 2.45) is 4.99 Å². The average Bonchev–Trinajstić information content (AvgIpc) is 2.06. The lowest BCUT2D eigenvalue weighted by atomic mass is 10.2. The molecular formula is C8H14N2O. The molecule has 0 aromatic rings. The largest absolute Gasteiger partial charge is 0.394 e. The molecule has 62 valence electrons. The molecular weight excluding hydrogens is 140 g/mol. The normalized spacial score (nSPS) is 23.1. The van der Waals surface area contributed by atoms with Crippen LogP contribution in [-0.4, -0.2) is 30.1 Å². The molecule has 0 aromatic carbocycles. The molecule has 1 aliphatic rings. The molecule has 1 atom stereocenters. The smallest absolute Gasteiger partial charge is 0.120 e. The van der Waals surface area contributed by atoms with Crippen LogP contribution in [0.25, 0.3) is 0 Å². The molecule has 0 amide bonds. The van der Waals surface area contributed by atoms with Gasteiger partial charge in [0.25, 0.3) is 0 Å². The molecule has 1 rings (SSSR count). The van der Waals surface area contributed by atoms with E-state index in [4.69, 9.17) is 5.11 Å². The Hall–Kier alpha value is -0.830. The number of likely N-dealkylation sites (N-methyl/N-ethyl adjacent to an activating group) is 1. The number of aliphatic imine (C=N–C) groups is 1. The molecule has 0 aliphatic carbocycles. The van der Waals surface area contributed by atoms with E-state index in [1.807, 2.05) is 19.1 Å². The summed E-state index contributed by atoms with van der Waals surface area (Å²) >= 11 is 0. The predicted octanol–water partition coefficient (Wildman–Crippen LogP) is 0.315. The zero-order chi connectivity index (χ0) is 8.10. The van der Waals surface area contributed by atoms with Crippen molar-refractivity contribution in [1.29, 1.82) is 0 Å². The second kappa shape index (κ2) is 4.13. The number of nitrogens with zero attached hydrogens (tertiary/aromatic N) is 1. The molecule has 1 unspecified atom stereocenters. The summed E-state index contributed by atoms with van der Waals surface area (Å²) in [6.07, 6.45) is 4.84. The quantitative estimate of drug-likeness (QED) is 0.601. The highest BCUT2D eigenvalue weighted by Gasteiger charge is 2.07. The Bertz CT molecular complexity index is 175. The maximum Gasteiger partial charge on any atom is 0.120 e. The highest BCUT2D eigenvalue weighted by atomic mass is 16.3. The second-order valence-electron chi connectivity index (χ2n) is 2.52. The number of aliphatic hydroxyl groups excluding tert-OH is 1. The van der Waals surface area contributed by atoms with Gasteiger partial charge in [-0.15, -0.1) is 0 Å². The number of rotatable bonds is 2. The molecule has 1 heterocycles. The van der Waals surface area contributed by atoms with Crippen LogP contribution in [0.3, 0.4) is 0 Å². The van der Waals surface area contributed by atoms with Gasteiger partial charge in [-0.3, -0.25) is 4.99 Å². The molecule has 1 aliphatic heterocycles. The van der Waals surface area contributed by atoms with Crippen molar-refractivity contribution < 1.29 is 5.11 Å². The fourth-order valence-electron chi connectivity index (χ4n) is 1.03. The van der Waals surface area contributed by atoms with Gasteiger partial charge in [0.2, 0.25) is 0 Å². The van der Waals surface area contributed by atoms with Gasteiger partial charge in [-0.1, -0.05) is 6.08 Å². The van der Waals surface area contributed by atoms with Crippen LogP contribution in [0.5, 0.6) is 0 Å². The molecule has 0 radical (unpaired) electrons. The van der Waals surface area contributed by atoms with E-state index in [1.54, 1.807) is 0 Å². The summed E-state index contributed by atoms with van der Waals surface area (Å²) < 4.78 is 0. The number of dihydropyridines is 1. The number of amidine groups is 1. The van der Waals surface area contributed by atoms with E-state index in [1.165, 1.54) is 0 Å². The van der Waals surface area contributed by atoms with Gasteiger partial charge in [0.15, 0.2) is 0 Å². The Labute approximate surface area is 66.8 Å². The lowest BCUT2D eigenvalue weighted by Gasteiger charge is -2.13. The maximum absolute atomic E-state index is 8.81. The molecule has 0 spiro atoms. The number of nitrogens with one attached hydrogen (secondary N) is 1. The first-order chi connectivity index (χ1) is 5.36. The lowest BCUT2D eigenvalue weighted by molar-refractivity contribution is 0.267. The van der Waals surface area contributed by atoms with Crippen LogP contribution < -0.4 is 5.32 Å². The fourth-order valence-corrected chi connectivity index (χ4v) is 1.03. The average molecular weight is 154 g/mol. The van der Waals surface area contributed by atoms with Gasteiger partial charge in [0.1, 0.15) is 5.84 Å². The Kier molecular flexibility index (Phi) is 3.11. The second-order valence-corrected chi connectivity index (χ2v) is 2.52. The SMILES string of the molecule is CCNC1=NC(CO)CC=C1. The van der Waals surface area contributed by atoms with Gasteiger partial charge in [-0.2, -0.15) is 0 Å².